The molecule has 0 atom stereocenters. The predicted molar refractivity (Wildman–Crippen MR) is 77.9 cm³/mol. The normalized spacial score (nSPS) is 10.3. The molecule has 0 fully saturated rings. The molecule has 0 aliphatic carbocycles. The van der Waals surface area contributed by atoms with Gasteiger partial charge in [0, 0.05) is 17.1 Å². The van der Waals surface area contributed by atoms with Crippen molar-refractivity contribution in [1.82, 2.24) is 0 Å². The number of ether oxygens (including phenoxy) is 2. The number of hydrogen-bond acceptors (Lipinski definition) is 3. The monoisotopic (exact) mass is 277 g/mol. The van der Waals surface area contributed by atoms with Gasteiger partial charge in [-0.1, -0.05) is 23.7 Å². The van der Waals surface area contributed by atoms with E-state index < -0.39 is 0 Å². The van der Waals surface area contributed by atoms with Crippen molar-refractivity contribution in [2.75, 3.05) is 14.2 Å². The Morgan fingerprint density at radius 2 is 1.68 bits per heavy atom. The molecule has 3 nitrogen and oxygen atoms in total. The van der Waals surface area contributed by atoms with Gasteiger partial charge in [0.2, 0.25) is 0 Å². The second kappa shape index (κ2) is 5.95. The Morgan fingerprint density at radius 1 is 1.00 bits per heavy atom. The molecule has 0 amide bonds. The summed E-state index contributed by atoms with van der Waals surface area (Å²) in [5.74, 6) is 1.36. The van der Waals surface area contributed by atoms with E-state index in [2.05, 4.69) is 0 Å². The van der Waals surface area contributed by atoms with E-state index in [-0.39, 0.29) is 0 Å². The molecule has 2 aromatic rings. The first-order valence-corrected chi connectivity index (χ1v) is 6.28. The number of halogens is 1. The van der Waals surface area contributed by atoms with Crippen molar-refractivity contribution in [3.63, 3.8) is 0 Å². The van der Waals surface area contributed by atoms with Gasteiger partial charge < -0.3 is 15.2 Å². The predicted octanol–water partition coefficient (Wildman–Crippen LogP) is 3.48. The summed E-state index contributed by atoms with van der Waals surface area (Å²) in [4.78, 5) is 0. The van der Waals surface area contributed by atoms with Crippen LogP contribution < -0.4 is 15.2 Å². The van der Waals surface area contributed by atoms with Crippen LogP contribution in [0.15, 0.2) is 36.4 Å². The third kappa shape index (κ3) is 2.83. The molecule has 4 heteroatoms. The quantitative estimate of drug-likeness (QED) is 0.930. The summed E-state index contributed by atoms with van der Waals surface area (Å²) < 4.78 is 10.7. The molecule has 0 spiro atoms. The summed E-state index contributed by atoms with van der Waals surface area (Å²) in [6, 6.07) is 11.6. The van der Waals surface area contributed by atoms with Gasteiger partial charge in [0.05, 0.1) is 14.2 Å². The molecular formula is C15H16ClNO2. The van der Waals surface area contributed by atoms with E-state index >= 15 is 0 Å². The van der Waals surface area contributed by atoms with E-state index in [1.54, 1.807) is 14.2 Å². The summed E-state index contributed by atoms with van der Waals surface area (Å²) in [5, 5.41) is 0.711. The zero-order valence-electron chi connectivity index (χ0n) is 10.9. The van der Waals surface area contributed by atoms with Gasteiger partial charge in [0.15, 0.2) is 11.5 Å². The average molecular weight is 278 g/mol. The first-order valence-electron chi connectivity index (χ1n) is 5.90. The Kier molecular flexibility index (Phi) is 4.30. The number of nitrogens with two attached hydrogens (primary N) is 1. The summed E-state index contributed by atoms with van der Waals surface area (Å²) in [7, 11) is 3.22. The molecule has 2 N–H and O–H groups in total. The van der Waals surface area contributed by atoms with Crippen LogP contribution in [-0.4, -0.2) is 14.2 Å². The molecule has 100 valence electrons. The standard InChI is InChI=1S/C15H16ClNO2/c1-18-14-8-11(7-12(9-17)15(14)19-2)10-3-5-13(16)6-4-10/h3-8H,9,17H2,1-2H3. The molecule has 2 aromatic carbocycles. The molecule has 0 aliphatic heterocycles. The Labute approximate surface area is 117 Å². The van der Waals surface area contributed by atoms with Crippen LogP contribution in [0, 0.1) is 0 Å². The molecule has 0 bridgehead atoms. The first-order chi connectivity index (χ1) is 9.19. The highest BCUT2D eigenvalue weighted by Gasteiger charge is 2.12. The van der Waals surface area contributed by atoms with E-state index in [1.807, 2.05) is 36.4 Å². The lowest BCUT2D eigenvalue weighted by Gasteiger charge is -2.14. The maximum Gasteiger partial charge on any atom is 0.165 e. The van der Waals surface area contributed by atoms with Crippen LogP contribution in [0.4, 0.5) is 0 Å². The zero-order valence-corrected chi connectivity index (χ0v) is 11.7. The number of benzene rings is 2. The van der Waals surface area contributed by atoms with Crippen LogP contribution in [0.1, 0.15) is 5.56 Å². The van der Waals surface area contributed by atoms with Crippen LogP contribution in [0.25, 0.3) is 11.1 Å². The molecule has 0 aromatic heterocycles. The van der Waals surface area contributed by atoms with Gasteiger partial charge in [0.1, 0.15) is 0 Å². The van der Waals surface area contributed by atoms with Gasteiger partial charge in [-0.25, -0.2) is 0 Å². The Morgan fingerprint density at radius 3 is 2.21 bits per heavy atom. The van der Waals surface area contributed by atoms with E-state index in [1.165, 1.54) is 0 Å². The van der Waals surface area contributed by atoms with E-state index in [0.29, 0.717) is 23.1 Å². The highest BCUT2D eigenvalue weighted by molar-refractivity contribution is 6.30. The van der Waals surface area contributed by atoms with Gasteiger partial charge in [0.25, 0.3) is 0 Å². The van der Waals surface area contributed by atoms with Crippen molar-refractivity contribution in [2.24, 2.45) is 5.73 Å². The van der Waals surface area contributed by atoms with Crippen LogP contribution in [0.5, 0.6) is 11.5 Å². The minimum absolute atomic E-state index is 0.390. The summed E-state index contributed by atoms with van der Waals surface area (Å²) in [6.45, 7) is 0.390. The third-order valence-electron chi connectivity index (χ3n) is 2.95. The van der Waals surface area contributed by atoms with Crippen molar-refractivity contribution < 1.29 is 9.47 Å². The van der Waals surface area contributed by atoms with Crippen molar-refractivity contribution >= 4 is 11.6 Å². The lowest BCUT2D eigenvalue weighted by Crippen LogP contribution is -2.02. The second-order valence-corrected chi connectivity index (χ2v) is 4.52. The van der Waals surface area contributed by atoms with Crippen molar-refractivity contribution in [1.29, 1.82) is 0 Å². The highest BCUT2D eigenvalue weighted by atomic mass is 35.5. The third-order valence-corrected chi connectivity index (χ3v) is 3.21. The van der Waals surface area contributed by atoms with E-state index in [4.69, 9.17) is 26.8 Å². The lowest BCUT2D eigenvalue weighted by molar-refractivity contribution is 0.352. The van der Waals surface area contributed by atoms with Gasteiger partial charge >= 0.3 is 0 Å². The van der Waals surface area contributed by atoms with Gasteiger partial charge in [-0.3, -0.25) is 0 Å². The number of methoxy groups -OCH3 is 2. The molecule has 0 saturated carbocycles. The Hall–Kier alpha value is -1.71. The summed E-state index contributed by atoms with van der Waals surface area (Å²) in [5.41, 5.74) is 8.75. The Bertz CT molecular complexity index is 542. The molecule has 19 heavy (non-hydrogen) atoms. The van der Waals surface area contributed by atoms with Crippen LogP contribution in [0.2, 0.25) is 5.02 Å². The first kappa shape index (κ1) is 13.7. The van der Waals surface area contributed by atoms with Gasteiger partial charge in [-0.15, -0.1) is 0 Å². The van der Waals surface area contributed by atoms with Crippen LogP contribution in [-0.2, 0) is 6.54 Å². The van der Waals surface area contributed by atoms with Crippen LogP contribution in [0.3, 0.4) is 0 Å². The zero-order chi connectivity index (χ0) is 13.8. The van der Waals surface area contributed by atoms with Crippen LogP contribution >= 0.6 is 11.6 Å². The molecule has 0 radical (unpaired) electrons. The molecular weight excluding hydrogens is 262 g/mol. The SMILES string of the molecule is COc1cc(-c2ccc(Cl)cc2)cc(CN)c1OC. The van der Waals surface area contributed by atoms with Crippen molar-refractivity contribution in [2.45, 2.75) is 6.54 Å². The molecule has 0 heterocycles. The fraction of sp³-hybridized carbons (Fsp3) is 0.200. The molecule has 2 rings (SSSR count). The average Bonchev–Trinajstić information content (AvgIpc) is 2.46. The van der Waals surface area contributed by atoms with E-state index in [9.17, 15) is 0 Å². The smallest absolute Gasteiger partial charge is 0.165 e. The Balaban J connectivity index is 2.55. The molecule has 0 aliphatic rings. The molecule has 0 unspecified atom stereocenters. The largest absolute Gasteiger partial charge is 0.493 e. The summed E-state index contributed by atoms with van der Waals surface area (Å²) in [6.07, 6.45) is 0. The van der Waals surface area contributed by atoms with Gasteiger partial charge in [-0.2, -0.15) is 0 Å². The summed E-state index contributed by atoms with van der Waals surface area (Å²) >= 11 is 5.90. The lowest BCUT2D eigenvalue weighted by atomic mass is 10.0. The van der Waals surface area contributed by atoms with Gasteiger partial charge in [-0.05, 0) is 35.4 Å². The maximum absolute atomic E-state index is 5.90. The number of hydrogen-bond donors (Lipinski definition) is 1. The highest BCUT2D eigenvalue weighted by Crippen LogP contribution is 2.36. The minimum Gasteiger partial charge on any atom is -0.493 e. The van der Waals surface area contributed by atoms with Crippen molar-refractivity contribution in [3.05, 3.63) is 47.0 Å². The fourth-order valence-corrected chi connectivity index (χ4v) is 2.13. The maximum atomic E-state index is 5.90. The number of rotatable bonds is 4. The second-order valence-electron chi connectivity index (χ2n) is 4.08. The fourth-order valence-electron chi connectivity index (χ4n) is 2.00. The van der Waals surface area contributed by atoms with E-state index in [0.717, 1.165) is 16.7 Å². The molecule has 0 saturated heterocycles. The minimum atomic E-state index is 0.390. The van der Waals surface area contributed by atoms with Crippen molar-refractivity contribution in [3.8, 4) is 22.6 Å². The topological polar surface area (TPSA) is 44.5 Å².